The van der Waals surface area contributed by atoms with Crippen LogP contribution in [0.1, 0.15) is 50.9 Å². The maximum atomic E-state index is 5.33. The van der Waals surface area contributed by atoms with Crippen molar-refractivity contribution in [2.24, 2.45) is 10.9 Å². The third-order valence-electron chi connectivity index (χ3n) is 5.64. The summed E-state index contributed by atoms with van der Waals surface area (Å²) >= 11 is 0. The number of nitrogens with zero attached hydrogens (tertiary/aromatic N) is 4. The number of methoxy groups -OCH3 is 1. The van der Waals surface area contributed by atoms with E-state index in [0.717, 1.165) is 42.6 Å². The quantitative estimate of drug-likeness (QED) is 0.528. The highest BCUT2D eigenvalue weighted by Gasteiger charge is 2.22. The van der Waals surface area contributed by atoms with Gasteiger partial charge in [0, 0.05) is 25.6 Å². The van der Waals surface area contributed by atoms with Crippen LogP contribution in [0.5, 0.6) is 5.75 Å². The lowest BCUT2D eigenvalue weighted by molar-refractivity contribution is 0.306. The lowest BCUT2D eigenvalue weighted by Crippen LogP contribution is -2.47. The van der Waals surface area contributed by atoms with Crippen molar-refractivity contribution in [1.29, 1.82) is 0 Å². The van der Waals surface area contributed by atoms with Gasteiger partial charge in [-0.3, -0.25) is 0 Å². The van der Waals surface area contributed by atoms with E-state index in [9.17, 15) is 0 Å². The van der Waals surface area contributed by atoms with E-state index in [2.05, 4.69) is 45.3 Å². The fraction of sp³-hybridized carbons (Fsp3) is 0.591. The molecule has 1 saturated carbocycles. The van der Waals surface area contributed by atoms with Crippen LogP contribution in [0.2, 0.25) is 0 Å². The number of rotatable bonds is 8. The smallest absolute Gasteiger partial charge is 0.191 e. The normalized spacial score (nSPS) is 19.8. The van der Waals surface area contributed by atoms with E-state index in [1.165, 1.54) is 25.7 Å². The van der Waals surface area contributed by atoms with Gasteiger partial charge < -0.3 is 19.9 Å². The van der Waals surface area contributed by atoms with Crippen LogP contribution in [-0.4, -0.2) is 40.4 Å². The Kier molecular flexibility index (Phi) is 7.90. The first-order valence-corrected chi connectivity index (χ1v) is 10.7. The first-order chi connectivity index (χ1) is 14.2. The SMILES string of the molecule is CCc1nncn1CCNC(=NCc1cccc(OC)c1)NC1CCCCC1C. The van der Waals surface area contributed by atoms with Gasteiger partial charge in [-0.15, -0.1) is 10.2 Å². The average Bonchev–Trinajstić information content (AvgIpc) is 3.21. The number of hydrogen-bond donors (Lipinski definition) is 2. The molecule has 0 spiro atoms. The molecule has 0 radical (unpaired) electrons. The number of aryl methyl sites for hydroxylation is 1. The molecule has 1 aliphatic rings. The summed E-state index contributed by atoms with van der Waals surface area (Å²) in [5.41, 5.74) is 1.13. The second-order valence-corrected chi connectivity index (χ2v) is 7.75. The Hall–Kier alpha value is -2.57. The Morgan fingerprint density at radius 1 is 1.31 bits per heavy atom. The molecule has 7 nitrogen and oxygen atoms in total. The number of ether oxygens (including phenoxy) is 1. The third kappa shape index (κ3) is 6.21. The first-order valence-electron chi connectivity index (χ1n) is 10.7. The van der Waals surface area contributed by atoms with Crippen LogP contribution in [0.4, 0.5) is 0 Å². The second kappa shape index (κ2) is 10.8. The predicted octanol–water partition coefficient (Wildman–Crippen LogP) is 3.16. The monoisotopic (exact) mass is 398 g/mol. The van der Waals surface area contributed by atoms with Crippen LogP contribution in [0.15, 0.2) is 35.6 Å². The molecule has 0 aliphatic heterocycles. The van der Waals surface area contributed by atoms with E-state index in [4.69, 9.17) is 9.73 Å². The van der Waals surface area contributed by atoms with Crippen molar-refractivity contribution >= 4 is 5.96 Å². The zero-order valence-corrected chi connectivity index (χ0v) is 17.9. The Morgan fingerprint density at radius 2 is 2.17 bits per heavy atom. The topological polar surface area (TPSA) is 76.4 Å². The van der Waals surface area contributed by atoms with Gasteiger partial charge in [-0.05, 0) is 36.5 Å². The Morgan fingerprint density at radius 3 is 2.97 bits per heavy atom. The number of aliphatic imine (C=N–C) groups is 1. The van der Waals surface area contributed by atoms with E-state index in [1.807, 2.05) is 18.2 Å². The van der Waals surface area contributed by atoms with E-state index in [1.54, 1.807) is 13.4 Å². The molecular weight excluding hydrogens is 364 g/mol. The number of benzene rings is 1. The highest BCUT2D eigenvalue weighted by molar-refractivity contribution is 5.80. The summed E-state index contributed by atoms with van der Waals surface area (Å²) in [7, 11) is 1.69. The second-order valence-electron chi connectivity index (χ2n) is 7.75. The number of nitrogens with one attached hydrogen (secondary N) is 2. The van der Waals surface area contributed by atoms with Gasteiger partial charge in [0.05, 0.1) is 13.7 Å². The molecule has 2 aromatic rings. The van der Waals surface area contributed by atoms with E-state index >= 15 is 0 Å². The van der Waals surface area contributed by atoms with Crippen LogP contribution < -0.4 is 15.4 Å². The molecule has 2 unspecified atom stereocenters. The van der Waals surface area contributed by atoms with Crippen molar-refractivity contribution in [2.75, 3.05) is 13.7 Å². The average molecular weight is 399 g/mol. The van der Waals surface area contributed by atoms with Gasteiger partial charge in [0.1, 0.15) is 17.9 Å². The van der Waals surface area contributed by atoms with Crippen molar-refractivity contribution in [3.8, 4) is 5.75 Å². The maximum absolute atomic E-state index is 5.33. The molecule has 29 heavy (non-hydrogen) atoms. The van der Waals surface area contributed by atoms with Crippen LogP contribution in [-0.2, 0) is 19.5 Å². The van der Waals surface area contributed by atoms with Crippen LogP contribution in [0, 0.1) is 5.92 Å². The molecule has 1 aliphatic carbocycles. The van der Waals surface area contributed by atoms with Gasteiger partial charge in [0.25, 0.3) is 0 Å². The summed E-state index contributed by atoms with van der Waals surface area (Å²) in [4.78, 5) is 4.86. The maximum Gasteiger partial charge on any atom is 0.191 e. The molecule has 0 bridgehead atoms. The van der Waals surface area contributed by atoms with Crippen molar-refractivity contribution in [3.05, 3.63) is 42.0 Å². The van der Waals surface area contributed by atoms with Gasteiger partial charge in [-0.1, -0.05) is 38.8 Å². The standard InChI is InChI=1S/C22H34N6O/c1-4-21-27-25-16-28(21)13-12-23-22(26-20-11-6-5-8-17(20)2)24-15-18-9-7-10-19(14-18)29-3/h7,9-10,14,16-17,20H,4-6,8,11-13,15H2,1-3H3,(H2,23,24,26). The van der Waals surface area contributed by atoms with Crippen molar-refractivity contribution < 1.29 is 4.74 Å². The molecule has 1 heterocycles. The fourth-order valence-electron chi connectivity index (χ4n) is 3.83. The molecule has 3 rings (SSSR count). The van der Waals surface area contributed by atoms with Gasteiger partial charge in [-0.25, -0.2) is 4.99 Å². The van der Waals surface area contributed by atoms with E-state index in [-0.39, 0.29) is 0 Å². The van der Waals surface area contributed by atoms with Crippen LogP contribution in [0.25, 0.3) is 0 Å². The molecule has 1 fully saturated rings. The molecular formula is C22H34N6O. The molecule has 0 amide bonds. The Balaban J connectivity index is 1.64. The van der Waals surface area contributed by atoms with Gasteiger partial charge in [0.15, 0.2) is 5.96 Å². The zero-order valence-electron chi connectivity index (χ0n) is 17.9. The van der Waals surface area contributed by atoms with Crippen LogP contribution in [0.3, 0.4) is 0 Å². The molecule has 1 aromatic carbocycles. The number of guanidine groups is 1. The minimum Gasteiger partial charge on any atom is -0.497 e. The summed E-state index contributed by atoms with van der Waals surface area (Å²) in [6, 6.07) is 8.55. The molecule has 158 valence electrons. The largest absolute Gasteiger partial charge is 0.497 e. The molecule has 1 aromatic heterocycles. The summed E-state index contributed by atoms with van der Waals surface area (Å²) in [5.74, 6) is 3.41. The summed E-state index contributed by atoms with van der Waals surface area (Å²) in [5, 5.41) is 15.4. The summed E-state index contributed by atoms with van der Waals surface area (Å²) < 4.78 is 7.42. The fourth-order valence-corrected chi connectivity index (χ4v) is 3.83. The van der Waals surface area contributed by atoms with Crippen LogP contribution >= 0.6 is 0 Å². The van der Waals surface area contributed by atoms with Crippen molar-refractivity contribution in [1.82, 2.24) is 25.4 Å². The minimum atomic E-state index is 0.474. The molecule has 2 atom stereocenters. The van der Waals surface area contributed by atoms with Gasteiger partial charge >= 0.3 is 0 Å². The van der Waals surface area contributed by atoms with Crippen molar-refractivity contribution in [2.45, 2.75) is 65.1 Å². The van der Waals surface area contributed by atoms with Gasteiger partial charge in [0.2, 0.25) is 0 Å². The molecule has 7 heteroatoms. The zero-order chi connectivity index (χ0) is 20.5. The van der Waals surface area contributed by atoms with E-state index < -0.39 is 0 Å². The van der Waals surface area contributed by atoms with Gasteiger partial charge in [-0.2, -0.15) is 0 Å². The highest BCUT2D eigenvalue weighted by atomic mass is 16.5. The minimum absolute atomic E-state index is 0.474. The predicted molar refractivity (Wildman–Crippen MR) is 116 cm³/mol. The molecule has 0 saturated heterocycles. The summed E-state index contributed by atoms with van der Waals surface area (Å²) in [6.45, 7) is 6.63. The Labute approximate surface area is 174 Å². The van der Waals surface area contributed by atoms with E-state index in [0.29, 0.717) is 18.5 Å². The highest BCUT2D eigenvalue weighted by Crippen LogP contribution is 2.23. The van der Waals surface area contributed by atoms with Crippen molar-refractivity contribution in [3.63, 3.8) is 0 Å². The Bertz CT molecular complexity index is 787. The number of aromatic nitrogens is 3. The molecule has 2 N–H and O–H groups in total. The lowest BCUT2D eigenvalue weighted by Gasteiger charge is -2.31. The lowest BCUT2D eigenvalue weighted by atomic mass is 9.86. The third-order valence-corrected chi connectivity index (χ3v) is 5.64. The summed E-state index contributed by atoms with van der Waals surface area (Å²) in [6.07, 6.45) is 7.77. The number of hydrogen-bond acceptors (Lipinski definition) is 4. The first kappa shape index (κ1) is 21.1.